The molecular weight excluding hydrogens is 412 g/mol. The van der Waals surface area contributed by atoms with Crippen molar-refractivity contribution >= 4 is 39.1 Å². The maximum atomic E-state index is 12.7. The first-order chi connectivity index (χ1) is 12.9. The smallest absolute Gasteiger partial charge is 0.259 e. The maximum Gasteiger partial charge on any atom is 0.259 e. The molecular formula is C20H23BrN2O4. The fourth-order valence-electron chi connectivity index (χ4n) is 2.16. The van der Waals surface area contributed by atoms with Gasteiger partial charge in [-0.2, -0.15) is 0 Å². The van der Waals surface area contributed by atoms with Gasteiger partial charge in [-0.05, 0) is 42.5 Å². The number of nitrogens with one attached hydrogen (secondary N) is 2. The van der Waals surface area contributed by atoms with Crippen LogP contribution in [0.4, 0.5) is 11.4 Å². The van der Waals surface area contributed by atoms with Crippen LogP contribution in [-0.4, -0.2) is 32.1 Å². The second-order valence-electron chi connectivity index (χ2n) is 6.16. The van der Waals surface area contributed by atoms with E-state index >= 15 is 0 Å². The Labute approximate surface area is 167 Å². The lowest BCUT2D eigenvalue weighted by Crippen LogP contribution is -2.18. The summed E-state index contributed by atoms with van der Waals surface area (Å²) in [4.78, 5) is 24.4. The first-order valence-corrected chi connectivity index (χ1v) is 9.33. The van der Waals surface area contributed by atoms with Gasteiger partial charge in [0.15, 0.2) is 0 Å². The lowest BCUT2D eigenvalue weighted by molar-refractivity contribution is -0.118. The van der Waals surface area contributed by atoms with Gasteiger partial charge < -0.3 is 20.1 Å². The largest absolute Gasteiger partial charge is 0.490 e. The number of amides is 2. The normalized spacial score (nSPS) is 10.6. The monoisotopic (exact) mass is 434 g/mol. The lowest BCUT2D eigenvalue weighted by atomic mass is 10.1. The molecule has 0 bridgehead atoms. The van der Waals surface area contributed by atoms with E-state index in [0.717, 1.165) is 4.47 Å². The van der Waals surface area contributed by atoms with Crippen LogP contribution in [0.25, 0.3) is 0 Å². The van der Waals surface area contributed by atoms with Crippen LogP contribution < -0.4 is 15.4 Å². The summed E-state index contributed by atoms with van der Waals surface area (Å²) < 4.78 is 11.4. The van der Waals surface area contributed by atoms with Crippen LogP contribution in [0.3, 0.4) is 0 Å². The third-order valence-corrected chi connectivity index (χ3v) is 4.16. The predicted octanol–water partition coefficient (Wildman–Crippen LogP) is 4.32. The van der Waals surface area contributed by atoms with Crippen LogP contribution in [0.2, 0.25) is 0 Å². The number of ether oxygens (including phenoxy) is 2. The van der Waals surface area contributed by atoms with E-state index in [4.69, 9.17) is 9.47 Å². The van der Waals surface area contributed by atoms with E-state index in [1.807, 2.05) is 19.9 Å². The van der Waals surface area contributed by atoms with Crippen molar-refractivity contribution in [2.75, 3.05) is 31.0 Å². The van der Waals surface area contributed by atoms with Crippen molar-refractivity contribution in [3.05, 3.63) is 52.5 Å². The first-order valence-electron chi connectivity index (χ1n) is 8.54. The van der Waals surface area contributed by atoms with Gasteiger partial charge >= 0.3 is 0 Å². The Bertz CT molecular complexity index is 791. The van der Waals surface area contributed by atoms with E-state index in [1.165, 1.54) is 0 Å². The van der Waals surface area contributed by atoms with Crippen LogP contribution in [-0.2, 0) is 9.53 Å². The summed E-state index contributed by atoms with van der Waals surface area (Å²) in [7, 11) is 1.59. The second-order valence-corrected chi connectivity index (χ2v) is 7.07. The Balaban J connectivity index is 2.08. The quantitative estimate of drug-likeness (QED) is 0.606. The average Bonchev–Trinajstić information content (AvgIpc) is 2.64. The molecule has 0 fully saturated rings. The van der Waals surface area contributed by atoms with Crippen molar-refractivity contribution in [3.8, 4) is 5.75 Å². The summed E-state index contributed by atoms with van der Waals surface area (Å²) in [5, 5.41) is 5.64. The zero-order valence-corrected chi connectivity index (χ0v) is 17.1. The molecule has 0 aliphatic heterocycles. The van der Waals surface area contributed by atoms with Crippen molar-refractivity contribution in [2.24, 2.45) is 5.92 Å². The molecule has 0 aliphatic carbocycles. The fraction of sp³-hybridized carbons (Fsp3) is 0.300. The number of benzene rings is 2. The van der Waals surface area contributed by atoms with Gasteiger partial charge in [0.2, 0.25) is 5.91 Å². The van der Waals surface area contributed by atoms with Crippen LogP contribution in [0.15, 0.2) is 46.9 Å². The number of halogens is 1. The molecule has 0 aliphatic rings. The minimum Gasteiger partial charge on any atom is -0.490 e. The number of hydrogen-bond acceptors (Lipinski definition) is 4. The molecule has 0 atom stereocenters. The summed E-state index contributed by atoms with van der Waals surface area (Å²) in [5.74, 6) is 0.0347. The van der Waals surface area contributed by atoms with Crippen molar-refractivity contribution in [1.82, 2.24) is 0 Å². The molecule has 2 amide bonds. The van der Waals surface area contributed by atoms with E-state index in [9.17, 15) is 9.59 Å². The summed E-state index contributed by atoms with van der Waals surface area (Å²) in [5.41, 5.74) is 1.71. The SMILES string of the molecule is COCCOc1ccc(Br)cc1C(=O)Nc1ccc(NC(=O)C(C)C)cc1. The summed E-state index contributed by atoms with van der Waals surface area (Å²) in [6, 6.07) is 12.2. The molecule has 2 rings (SSSR count). The average molecular weight is 435 g/mol. The van der Waals surface area contributed by atoms with E-state index in [0.29, 0.717) is 35.9 Å². The highest BCUT2D eigenvalue weighted by Gasteiger charge is 2.14. The van der Waals surface area contributed by atoms with Gasteiger partial charge in [-0.3, -0.25) is 9.59 Å². The Morgan fingerprint density at radius 3 is 2.22 bits per heavy atom. The number of carbonyl (C=O) groups excluding carboxylic acids is 2. The van der Waals surface area contributed by atoms with Crippen LogP contribution in [0.1, 0.15) is 24.2 Å². The highest BCUT2D eigenvalue weighted by Crippen LogP contribution is 2.25. The van der Waals surface area contributed by atoms with Gasteiger partial charge in [0, 0.05) is 28.9 Å². The molecule has 2 aromatic rings. The minimum atomic E-state index is -0.289. The molecule has 7 heteroatoms. The van der Waals surface area contributed by atoms with Gasteiger partial charge in [-0.1, -0.05) is 29.8 Å². The first kappa shape index (κ1) is 20.9. The summed E-state index contributed by atoms with van der Waals surface area (Å²) >= 11 is 3.38. The molecule has 27 heavy (non-hydrogen) atoms. The molecule has 0 saturated heterocycles. The van der Waals surface area contributed by atoms with Crippen molar-refractivity contribution in [1.29, 1.82) is 0 Å². The highest BCUT2D eigenvalue weighted by atomic mass is 79.9. The van der Waals surface area contributed by atoms with Crippen molar-refractivity contribution in [3.63, 3.8) is 0 Å². The maximum absolute atomic E-state index is 12.7. The minimum absolute atomic E-state index is 0.0567. The zero-order valence-electron chi connectivity index (χ0n) is 15.5. The third-order valence-electron chi connectivity index (χ3n) is 3.67. The van der Waals surface area contributed by atoms with E-state index in [-0.39, 0.29) is 17.7 Å². The van der Waals surface area contributed by atoms with Crippen LogP contribution in [0.5, 0.6) is 5.75 Å². The molecule has 0 spiro atoms. The molecule has 0 heterocycles. The summed E-state index contributed by atoms with van der Waals surface area (Å²) in [6.07, 6.45) is 0. The number of carbonyl (C=O) groups is 2. The molecule has 0 aromatic heterocycles. The van der Waals surface area contributed by atoms with E-state index in [1.54, 1.807) is 43.5 Å². The molecule has 0 radical (unpaired) electrons. The zero-order chi connectivity index (χ0) is 19.8. The van der Waals surface area contributed by atoms with Crippen molar-refractivity contribution < 1.29 is 19.1 Å². The molecule has 2 N–H and O–H groups in total. The molecule has 144 valence electrons. The van der Waals surface area contributed by atoms with E-state index in [2.05, 4.69) is 26.6 Å². The highest BCUT2D eigenvalue weighted by molar-refractivity contribution is 9.10. The topological polar surface area (TPSA) is 76.7 Å². The number of anilines is 2. The van der Waals surface area contributed by atoms with Crippen molar-refractivity contribution in [2.45, 2.75) is 13.8 Å². The predicted molar refractivity (Wildman–Crippen MR) is 109 cm³/mol. The number of methoxy groups -OCH3 is 1. The van der Waals surface area contributed by atoms with Gasteiger partial charge in [0.1, 0.15) is 12.4 Å². The Kier molecular flexibility index (Phi) is 7.82. The second kappa shape index (κ2) is 10.1. The lowest BCUT2D eigenvalue weighted by Gasteiger charge is -2.13. The number of rotatable bonds is 8. The Morgan fingerprint density at radius 1 is 1.00 bits per heavy atom. The van der Waals surface area contributed by atoms with Gasteiger partial charge in [0.25, 0.3) is 5.91 Å². The summed E-state index contributed by atoms with van der Waals surface area (Å²) in [6.45, 7) is 4.44. The molecule has 2 aromatic carbocycles. The molecule has 6 nitrogen and oxygen atoms in total. The fourth-order valence-corrected chi connectivity index (χ4v) is 2.52. The van der Waals surface area contributed by atoms with Crippen LogP contribution in [0, 0.1) is 5.92 Å². The Morgan fingerprint density at radius 2 is 1.63 bits per heavy atom. The van der Waals surface area contributed by atoms with Gasteiger partial charge in [0.05, 0.1) is 12.2 Å². The van der Waals surface area contributed by atoms with Crippen LogP contribution >= 0.6 is 15.9 Å². The van der Waals surface area contributed by atoms with Gasteiger partial charge in [-0.15, -0.1) is 0 Å². The number of hydrogen-bond donors (Lipinski definition) is 2. The Hall–Kier alpha value is -2.38. The molecule has 0 saturated carbocycles. The standard InChI is InChI=1S/C20H23BrN2O4/c1-13(2)19(24)22-15-5-7-16(8-6-15)23-20(25)17-12-14(21)4-9-18(17)27-11-10-26-3/h4-9,12-13H,10-11H2,1-3H3,(H,22,24)(H,23,25). The molecule has 0 unspecified atom stereocenters. The third kappa shape index (κ3) is 6.37. The van der Waals surface area contributed by atoms with Gasteiger partial charge in [-0.25, -0.2) is 0 Å². The van der Waals surface area contributed by atoms with E-state index < -0.39 is 0 Å².